The molecule has 1 N–H and O–H groups in total. The van der Waals surface area contributed by atoms with Gasteiger partial charge in [0.05, 0.1) is 5.69 Å². The molecule has 0 atom stereocenters. The lowest BCUT2D eigenvalue weighted by Crippen LogP contribution is -2.26. The highest BCUT2D eigenvalue weighted by Crippen LogP contribution is 2.12. The van der Waals surface area contributed by atoms with Gasteiger partial charge in [-0.1, -0.05) is 11.6 Å². The van der Waals surface area contributed by atoms with Crippen LogP contribution in [-0.4, -0.2) is 27.6 Å². The van der Waals surface area contributed by atoms with E-state index in [4.69, 9.17) is 11.6 Å². The minimum atomic E-state index is -0.132. The molecule has 26 heavy (non-hydrogen) atoms. The fraction of sp³-hybridized carbons (Fsp3) is 0.250. The van der Waals surface area contributed by atoms with E-state index in [1.165, 1.54) is 0 Å². The number of aromatic nitrogens is 2. The Morgan fingerprint density at radius 2 is 1.92 bits per heavy atom. The first-order valence-corrected chi connectivity index (χ1v) is 8.89. The Kier molecular flexibility index (Phi) is 5.68. The first kappa shape index (κ1) is 18.1. The lowest BCUT2D eigenvalue weighted by atomic mass is 10.1. The van der Waals surface area contributed by atoms with Crippen LogP contribution in [0.3, 0.4) is 0 Å². The number of amides is 1. The number of nitrogens with one attached hydrogen (secondary N) is 1. The summed E-state index contributed by atoms with van der Waals surface area (Å²) >= 11 is 5.80. The number of hydrogen-bond donors (Lipinski definition) is 1. The lowest BCUT2D eigenvalue weighted by Gasteiger charge is -2.04. The number of fused-ring (bicyclic) bond motifs is 1. The second-order valence-corrected chi connectivity index (χ2v) is 6.67. The summed E-state index contributed by atoms with van der Waals surface area (Å²) in [6.45, 7) is 2.52. The summed E-state index contributed by atoms with van der Waals surface area (Å²) < 4.78 is 1.97. The fourth-order valence-electron chi connectivity index (χ4n) is 2.68. The lowest BCUT2D eigenvalue weighted by molar-refractivity contribution is -0.121. The number of carbonyl (C=O) groups excluding carboxylic acids is 2. The first-order valence-electron chi connectivity index (χ1n) is 8.51. The number of nitrogens with zero attached hydrogens (tertiary/aromatic N) is 2. The van der Waals surface area contributed by atoms with Crippen LogP contribution in [0.15, 0.2) is 48.8 Å². The standard InChI is InChI=1S/C20H20ClN3O2/c1-14-9-11-24-13-17(23-19(24)12-14)8-10-22-20(26)7-6-18(25)15-2-4-16(21)5-3-15/h2-5,9,11-13H,6-8,10H2,1H3,(H,22,26). The molecule has 2 aromatic heterocycles. The van der Waals surface area contributed by atoms with Gasteiger partial charge in [-0.15, -0.1) is 0 Å². The molecule has 0 radical (unpaired) electrons. The number of imidazole rings is 1. The fourth-order valence-corrected chi connectivity index (χ4v) is 2.81. The number of carbonyl (C=O) groups is 2. The Bertz CT molecular complexity index is 932. The van der Waals surface area contributed by atoms with Gasteiger partial charge in [-0.25, -0.2) is 4.98 Å². The molecule has 0 fully saturated rings. The van der Waals surface area contributed by atoms with Crippen LogP contribution >= 0.6 is 11.6 Å². The van der Waals surface area contributed by atoms with E-state index in [2.05, 4.69) is 10.3 Å². The van der Waals surface area contributed by atoms with Gasteiger partial charge in [0.15, 0.2) is 5.78 Å². The first-order chi connectivity index (χ1) is 12.5. The highest BCUT2D eigenvalue weighted by molar-refractivity contribution is 6.30. The number of rotatable bonds is 7. The number of aryl methyl sites for hydroxylation is 1. The molecule has 0 spiro atoms. The van der Waals surface area contributed by atoms with E-state index in [9.17, 15) is 9.59 Å². The molecule has 3 rings (SSSR count). The smallest absolute Gasteiger partial charge is 0.220 e. The van der Waals surface area contributed by atoms with E-state index in [1.807, 2.05) is 35.9 Å². The van der Waals surface area contributed by atoms with Crippen molar-refractivity contribution >= 4 is 28.9 Å². The maximum atomic E-state index is 12.0. The third-order valence-electron chi connectivity index (χ3n) is 4.11. The van der Waals surface area contributed by atoms with E-state index in [-0.39, 0.29) is 24.5 Å². The van der Waals surface area contributed by atoms with Gasteiger partial charge in [0.1, 0.15) is 5.65 Å². The Hall–Kier alpha value is -2.66. The highest BCUT2D eigenvalue weighted by atomic mass is 35.5. The van der Waals surface area contributed by atoms with Crippen molar-refractivity contribution in [2.45, 2.75) is 26.2 Å². The highest BCUT2D eigenvalue weighted by Gasteiger charge is 2.09. The molecule has 0 saturated heterocycles. The van der Waals surface area contributed by atoms with Gasteiger partial charge in [-0.05, 0) is 48.9 Å². The zero-order valence-corrected chi connectivity index (χ0v) is 15.3. The Balaban J connectivity index is 1.43. The molecule has 0 unspecified atom stereocenters. The van der Waals surface area contributed by atoms with Crippen molar-refractivity contribution < 1.29 is 9.59 Å². The summed E-state index contributed by atoms with van der Waals surface area (Å²) in [5.74, 6) is -0.195. The summed E-state index contributed by atoms with van der Waals surface area (Å²) in [5, 5.41) is 3.43. The predicted molar refractivity (Wildman–Crippen MR) is 102 cm³/mol. The van der Waals surface area contributed by atoms with Gasteiger partial charge >= 0.3 is 0 Å². The van der Waals surface area contributed by atoms with Gasteiger partial charge in [0.2, 0.25) is 5.91 Å². The van der Waals surface area contributed by atoms with E-state index in [0.29, 0.717) is 23.6 Å². The van der Waals surface area contributed by atoms with Crippen molar-refractivity contribution in [3.63, 3.8) is 0 Å². The van der Waals surface area contributed by atoms with Crippen LogP contribution in [0.2, 0.25) is 5.02 Å². The maximum absolute atomic E-state index is 12.0. The van der Waals surface area contributed by atoms with Crippen LogP contribution in [-0.2, 0) is 11.2 Å². The molecule has 0 saturated carbocycles. The zero-order valence-electron chi connectivity index (χ0n) is 14.5. The van der Waals surface area contributed by atoms with Crippen LogP contribution in [0.1, 0.15) is 34.5 Å². The average molecular weight is 370 g/mol. The molecular formula is C20H20ClN3O2. The third kappa shape index (κ3) is 4.70. The normalized spacial score (nSPS) is 10.8. The van der Waals surface area contributed by atoms with Gasteiger partial charge in [-0.3, -0.25) is 9.59 Å². The second-order valence-electron chi connectivity index (χ2n) is 6.23. The van der Waals surface area contributed by atoms with Gasteiger partial charge in [-0.2, -0.15) is 0 Å². The summed E-state index contributed by atoms with van der Waals surface area (Å²) in [7, 11) is 0. The molecule has 1 amide bonds. The van der Waals surface area contributed by atoms with Crippen molar-refractivity contribution in [3.8, 4) is 0 Å². The van der Waals surface area contributed by atoms with Crippen LogP contribution in [0.25, 0.3) is 5.65 Å². The van der Waals surface area contributed by atoms with Crippen molar-refractivity contribution in [2.75, 3.05) is 6.54 Å². The Morgan fingerprint density at radius 3 is 2.69 bits per heavy atom. The minimum Gasteiger partial charge on any atom is -0.356 e. The van der Waals surface area contributed by atoms with Crippen molar-refractivity contribution in [2.24, 2.45) is 0 Å². The van der Waals surface area contributed by atoms with E-state index >= 15 is 0 Å². The van der Waals surface area contributed by atoms with E-state index < -0.39 is 0 Å². The maximum Gasteiger partial charge on any atom is 0.220 e. The number of Topliss-reactive ketones (excluding diaryl/α,β-unsaturated/α-hetero) is 1. The topological polar surface area (TPSA) is 63.5 Å². The Morgan fingerprint density at radius 1 is 1.15 bits per heavy atom. The molecule has 6 heteroatoms. The molecule has 5 nitrogen and oxygen atoms in total. The minimum absolute atomic E-state index is 0.0625. The molecule has 0 aliphatic carbocycles. The van der Waals surface area contributed by atoms with Crippen LogP contribution in [0, 0.1) is 6.92 Å². The number of halogens is 1. The van der Waals surface area contributed by atoms with Crippen molar-refractivity contribution in [1.29, 1.82) is 0 Å². The molecule has 0 bridgehead atoms. The largest absolute Gasteiger partial charge is 0.356 e. The molecular weight excluding hydrogens is 350 g/mol. The number of pyridine rings is 1. The molecule has 3 aromatic rings. The SMILES string of the molecule is Cc1ccn2cc(CCNC(=O)CCC(=O)c3ccc(Cl)cc3)nc2c1. The third-order valence-corrected chi connectivity index (χ3v) is 4.37. The van der Waals surface area contributed by atoms with Gasteiger partial charge in [0.25, 0.3) is 0 Å². The number of benzene rings is 1. The molecule has 2 heterocycles. The molecule has 0 aliphatic heterocycles. The van der Waals surface area contributed by atoms with Gasteiger partial charge < -0.3 is 9.72 Å². The van der Waals surface area contributed by atoms with Gasteiger partial charge in [0, 0.05) is 48.8 Å². The van der Waals surface area contributed by atoms with Crippen LogP contribution in [0.5, 0.6) is 0 Å². The number of hydrogen-bond acceptors (Lipinski definition) is 3. The van der Waals surface area contributed by atoms with Crippen molar-refractivity contribution in [1.82, 2.24) is 14.7 Å². The quantitative estimate of drug-likeness (QED) is 0.647. The summed E-state index contributed by atoms with van der Waals surface area (Å²) in [5.41, 5.74) is 3.56. The van der Waals surface area contributed by atoms with E-state index in [1.54, 1.807) is 24.3 Å². The molecule has 134 valence electrons. The zero-order chi connectivity index (χ0) is 18.5. The summed E-state index contributed by atoms with van der Waals surface area (Å²) in [6.07, 6.45) is 4.94. The molecule has 1 aromatic carbocycles. The molecule has 0 aliphatic rings. The van der Waals surface area contributed by atoms with Crippen molar-refractivity contribution in [3.05, 3.63) is 70.6 Å². The average Bonchev–Trinajstić information content (AvgIpc) is 3.02. The Labute approximate surface area is 157 Å². The predicted octanol–water partition coefficient (Wildman–Crippen LogP) is 3.62. The van der Waals surface area contributed by atoms with E-state index in [0.717, 1.165) is 16.9 Å². The van der Waals surface area contributed by atoms with Crippen LogP contribution in [0.4, 0.5) is 0 Å². The monoisotopic (exact) mass is 369 g/mol. The summed E-state index contributed by atoms with van der Waals surface area (Å²) in [6, 6.07) is 10.7. The van der Waals surface area contributed by atoms with Crippen LogP contribution < -0.4 is 5.32 Å². The summed E-state index contributed by atoms with van der Waals surface area (Å²) in [4.78, 5) is 28.5. The number of ketones is 1. The second kappa shape index (κ2) is 8.15.